The molecule has 0 spiro atoms. The number of anilines is 1. The van der Waals surface area contributed by atoms with Crippen molar-refractivity contribution < 1.29 is 4.79 Å². The van der Waals surface area contributed by atoms with Crippen LogP contribution < -0.4 is 5.73 Å². The van der Waals surface area contributed by atoms with Gasteiger partial charge in [0.05, 0.1) is 0 Å². The van der Waals surface area contributed by atoms with Gasteiger partial charge in [-0.1, -0.05) is 25.8 Å². The molecule has 1 amide bonds. The molecule has 0 radical (unpaired) electrons. The number of carbonyl (C=O) groups excluding carboxylic acids is 1. The van der Waals surface area contributed by atoms with Crippen LogP contribution >= 0.6 is 0 Å². The third-order valence-corrected chi connectivity index (χ3v) is 3.59. The van der Waals surface area contributed by atoms with Crippen LogP contribution in [0.2, 0.25) is 0 Å². The number of rotatable bonds is 4. The van der Waals surface area contributed by atoms with E-state index in [1.54, 1.807) is 0 Å². The van der Waals surface area contributed by atoms with Gasteiger partial charge >= 0.3 is 0 Å². The van der Waals surface area contributed by atoms with E-state index in [4.69, 9.17) is 5.73 Å². The minimum absolute atomic E-state index is 0.288. The fourth-order valence-corrected chi connectivity index (χ4v) is 2.47. The fourth-order valence-electron chi connectivity index (χ4n) is 2.47. The van der Waals surface area contributed by atoms with E-state index in [2.05, 4.69) is 13.0 Å². The molecule has 0 fully saturated rings. The summed E-state index contributed by atoms with van der Waals surface area (Å²) in [5, 5.41) is 0. The van der Waals surface area contributed by atoms with Gasteiger partial charge in [0.25, 0.3) is 0 Å². The number of fused-ring (bicyclic) bond motifs is 1. The van der Waals surface area contributed by atoms with E-state index in [1.165, 1.54) is 11.1 Å². The topological polar surface area (TPSA) is 46.3 Å². The lowest BCUT2D eigenvalue weighted by Gasteiger charge is -2.29. The molecular weight excluding hydrogens is 224 g/mol. The van der Waals surface area contributed by atoms with Gasteiger partial charge in [-0.05, 0) is 36.1 Å². The van der Waals surface area contributed by atoms with E-state index in [0.29, 0.717) is 6.42 Å². The molecule has 0 bridgehead atoms. The Morgan fingerprint density at radius 3 is 2.94 bits per heavy atom. The van der Waals surface area contributed by atoms with Gasteiger partial charge in [0.2, 0.25) is 5.91 Å². The molecule has 0 atom stereocenters. The quantitative estimate of drug-likeness (QED) is 0.656. The number of nitrogens with two attached hydrogens (primary N) is 1. The summed E-state index contributed by atoms with van der Waals surface area (Å²) in [5.74, 6) is 0.288. The van der Waals surface area contributed by atoms with Crippen molar-refractivity contribution in [1.29, 1.82) is 0 Å². The van der Waals surface area contributed by atoms with Crippen LogP contribution in [-0.4, -0.2) is 17.4 Å². The molecule has 0 aliphatic carbocycles. The maximum atomic E-state index is 12.1. The number of benzene rings is 1. The smallest absolute Gasteiger partial charge is 0.222 e. The van der Waals surface area contributed by atoms with Gasteiger partial charge in [0.1, 0.15) is 0 Å². The molecule has 0 aromatic heterocycles. The SMILES string of the molecule is CCCCCC(=O)N1CCc2ccc(N)cc2C1. The van der Waals surface area contributed by atoms with Crippen LogP contribution in [0.3, 0.4) is 0 Å². The Morgan fingerprint density at radius 1 is 1.33 bits per heavy atom. The van der Waals surface area contributed by atoms with Crippen LogP contribution in [0.4, 0.5) is 5.69 Å². The summed E-state index contributed by atoms with van der Waals surface area (Å²) < 4.78 is 0. The summed E-state index contributed by atoms with van der Waals surface area (Å²) in [6.07, 6.45) is 4.95. The van der Waals surface area contributed by atoms with Gasteiger partial charge < -0.3 is 10.6 Å². The largest absolute Gasteiger partial charge is 0.399 e. The average Bonchev–Trinajstić information content (AvgIpc) is 2.38. The van der Waals surface area contributed by atoms with Crippen molar-refractivity contribution in [3.63, 3.8) is 0 Å². The molecule has 2 N–H and O–H groups in total. The Hall–Kier alpha value is -1.51. The third-order valence-electron chi connectivity index (χ3n) is 3.59. The molecule has 1 aromatic carbocycles. The number of amides is 1. The van der Waals surface area contributed by atoms with E-state index in [9.17, 15) is 4.79 Å². The van der Waals surface area contributed by atoms with Crippen LogP contribution in [0.1, 0.15) is 43.7 Å². The molecule has 3 nitrogen and oxygen atoms in total. The first-order valence-corrected chi connectivity index (χ1v) is 6.85. The minimum Gasteiger partial charge on any atom is -0.399 e. The molecule has 2 rings (SSSR count). The standard InChI is InChI=1S/C15H22N2O/c1-2-3-4-5-15(18)17-9-8-12-6-7-14(16)10-13(12)11-17/h6-7,10H,2-5,8-9,11,16H2,1H3. The molecule has 18 heavy (non-hydrogen) atoms. The highest BCUT2D eigenvalue weighted by atomic mass is 16.2. The monoisotopic (exact) mass is 246 g/mol. The Bertz CT molecular complexity index is 429. The fraction of sp³-hybridized carbons (Fsp3) is 0.533. The van der Waals surface area contributed by atoms with Gasteiger partial charge in [-0.2, -0.15) is 0 Å². The van der Waals surface area contributed by atoms with Crippen LogP contribution in [0.15, 0.2) is 18.2 Å². The molecule has 1 aliphatic heterocycles. The van der Waals surface area contributed by atoms with Gasteiger partial charge in [0, 0.05) is 25.2 Å². The molecule has 1 heterocycles. The Balaban J connectivity index is 1.96. The van der Waals surface area contributed by atoms with Gasteiger partial charge in [-0.25, -0.2) is 0 Å². The normalized spacial score (nSPS) is 14.4. The van der Waals surface area contributed by atoms with Crippen molar-refractivity contribution >= 4 is 11.6 Å². The Morgan fingerprint density at radius 2 is 2.17 bits per heavy atom. The summed E-state index contributed by atoms with van der Waals surface area (Å²) in [6, 6.07) is 6.03. The zero-order chi connectivity index (χ0) is 13.0. The number of nitrogen functional groups attached to an aromatic ring is 1. The summed E-state index contributed by atoms with van der Waals surface area (Å²) in [7, 11) is 0. The lowest BCUT2D eigenvalue weighted by molar-refractivity contribution is -0.132. The van der Waals surface area contributed by atoms with E-state index in [0.717, 1.165) is 44.5 Å². The second kappa shape index (κ2) is 5.89. The summed E-state index contributed by atoms with van der Waals surface area (Å²) in [6.45, 7) is 3.73. The van der Waals surface area contributed by atoms with E-state index in [1.807, 2.05) is 17.0 Å². The van der Waals surface area contributed by atoms with Crippen LogP contribution in [-0.2, 0) is 17.8 Å². The Labute approximate surface area is 109 Å². The zero-order valence-corrected chi connectivity index (χ0v) is 11.1. The second-order valence-corrected chi connectivity index (χ2v) is 5.05. The highest BCUT2D eigenvalue weighted by Gasteiger charge is 2.20. The van der Waals surface area contributed by atoms with Crippen molar-refractivity contribution in [3.8, 4) is 0 Å². The lowest BCUT2D eigenvalue weighted by Crippen LogP contribution is -2.35. The number of hydrogen-bond acceptors (Lipinski definition) is 2. The van der Waals surface area contributed by atoms with Crippen molar-refractivity contribution in [2.24, 2.45) is 0 Å². The van der Waals surface area contributed by atoms with Gasteiger partial charge in [-0.15, -0.1) is 0 Å². The van der Waals surface area contributed by atoms with E-state index >= 15 is 0 Å². The molecule has 0 saturated carbocycles. The molecule has 98 valence electrons. The van der Waals surface area contributed by atoms with Crippen LogP contribution in [0.25, 0.3) is 0 Å². The van der Waals surface area contributed by atoms with E-state index < -0.39 is 0 Å². The predicted molar refractivity (Wildman–Crippen MR) is 74.1 cm³/mol. The number of nitrogens with zero attached hydrogens (tertiary/aromatic N) is 1. The second-order valence-electron chi connectivity index (χ2n) is 5.05. The van der Waals surface area contributed by atoms with Crippen molar-refractivity contribution in [3.05, 3.63) is 29.3 Å². The molecule has 3 heteroatoms. The first-order chi connectivity index (χ1) is 8.70. The first kappa shape index (κ1) is 12.9. The molecule has 1 aromatic rings. The first-order valence-electron chi connectivity index (χ1n) is 6.85. The Kier molecular flexibility index (Phi) is 4.24. The van der Waals surface area contributed by atoms with Crippen molar-refractivity contribution in [2.75, 3.05) is 12.3 Å². The maximum Gasteiger partial charge on any atom is 0.222 e. The highest BCUT2D eigenvalue weighted by Crippen LogP contribution is 2.22. The molecule has 0 unspecified atom stereocenters. The van der Waals surface area contributed by atoms with Crippen molar-refractivity contribution in [2.45, 2.75) is 45.6 Å². The van der Waals surface area contributed by atoms with Crippen molar-refractivity contribution in [1.82, 2.24) is 4.90 Å². The van der Waals surface area contributed by atoms with Crippen LogP contribution in [0, 0.1) is 0 Å². The number of hydrogen-bond donors (Lipinski definition) is 1. The molecule has 1 aliphatic rings. The average molecular weight is 246 g/mol. The van der Waals surface area contributed by atoms with Gasteiger partial charge in [0.15, 0.2) is 0 Å². The number of carbonyl (C=O) groups is 1. The van der Waals surface area contributed by atoms with Gasteiger partial charge in [-0.3, -0.25) is 4.79 Å². The molecular formula is C15H22N2O. The highest BCUT2D eigenvalue weighted by molar-refractivity contribution is 5.76. The lowest BCUT2D eigenvalue weighted by atomic mass is 9.98. The van der Waals surface area contributed by atoms with E-state index in [-0.39, 0.29) is 5.91 Å². The van der Waals surface area contributed by atoms with Crippen LogP contribution in [0.5, 0.6) is 0 Å². The number of unbranched alkanes of at least 4 members (excludes halogenated alkanes) is 2. The summed E-state index contributed by atoms with van der Waals surface area (Å²) in [5.41, 5.74) is 9.13. The summed E-state index contributed by atoms with van der Waals surface area (Å²) in [4.78, 5) is 14.0. The third kappa shape index (κ3) is 3.03. The minimum atomic E-state index is 0.288. The zero-order valence-electron chi connectivity index (χ0n) is 11.1. The summed E-state index contributed by atoms with van der Waals surface area (Å²) >= 11 is 0. The maximum absolute atomic E-state index is 12.1. The predicted octanol–water partition coefficient (Wildman–Crippen LogP) is 2.73. The molecule has 0 saturated heterocycles.